The largest absolute Gasteiger partial charge is 0.497 e. The maximum atomic E-state index is 13.1. The van der Waals surface area contributed by atoms with Gasteiger partial charge in [0, 0.05) is 51.9 Å². The number of benzene rings is 1. The zero-order valence-corrected chi connectivity index (χ0v) is 16.8. The molecule has 0 spiro atoms. The van der Waals surface area contributed by atoms with Gasteiger partial charge < -0.3 is 19.9 Å². The summed E-state index contributed by atoms with van der Waals surface area (Å²) in [7, 11) is 1.63. The van der Waals surface area contributed by atoms with E-state index in [0.29, 0.717) is 39.0 Å². The monoisotopic (exact) mass is 387 g/mol. The van der Waals surface area contributed by atoms with E-state index >= 15 is 0 Å². The minimum absolute atomic E-state index is 0.0519. The van der Waals surface area contributed by atoms with E-state index in [4.69, 9.17) is 4.74 Å². The first-order valence-electron chi connectivity index (χ1n) is 9.84. The van der Waals surface area contributed by atoms with E-state index in [-0.39, 0.29) is 35.6 Å². The number of hydrogen-bond donors (Lipinski definition) is 1. The molecule has 3 rings (SSSR count). The number of piperidine rings is 1. The van der Waals surface area contributed by atoms with Gasteiger partial charge in [-0.2, -0.15) is 0 Å². The summed E-state index contributed by atoms with van der Waals surface area (Å²) in [6.45, 7) is 5.45. The molecule has 0 aromatic heterocycles. The molecular weight excluding hydrogens is 358 g/mol. The van der Waals surface area contributed by atoms with Crippen molar-refractivity contribution in [3.63, 3.8) is 0 Å². The fourth-order valence-corrected chi connectivity index (χ4v) is 4.28. The fraction of sp³-hybridized carbons (Fsp3) is 0.571. The lowest BCUT2D eigenvalue weighted by Crippen LogP contribution is -2.44. The number of ether oxygens (including phenoxy) is 1. The highest BCUT2D eigenvalue weighted by Crippen LogP contribution is 2.31. The van der Waals surface area contributed by atoms with Gasteiger partial charge >= 0.3 is 0 Å². The van der Waals surface area contributed by atoms with Crippen LogP contribution in [0.3, 0.4) is 0 Å². The van der Waals surface area contributed by atoms with Crippen molar-refractivity contribution in [2.45, 2.75) is 38.6 Å². The molecule has 152 valence electrons. The summed E-state index contributed by atoms with van der Waals surface area (Å²) < 4.78 is 5.23. The Labute approximate surface area is 166 Å². The van der Waals surface area contributed by atoms with Crippen molar-refractivity contribution < 1.29 is 19.1 Å². The van der Waals surface area contributed by atoms with E-state index in [1.54, 1.807) is 18.9 Å². The molecule has 1 N–H and O–H groups in total. The lowest BCUT2D eigenvalue weighted by Gasteiger charge is -2.32. The number of nitrogens with one attached hydrogen (secondary N) is 1. The second kappa shape index (κ2) is 8.63. The first-order chi connectivity index (χ1) is 13.4. The molecule has 7 heteroatoms. The minimum atomic E-state index is -0.104. The zero-order chi connectivity index (χ0) is 20.3. The normalized spacial score (nSPS) is 22.8. The van der Waals surface area contributed by atoms with E-state index in [1.165, 1.54) is 6.92 Å². The minimum Gasteiger partial charge on any atom is -0.497 e. The summed E-state index contributed by atoms with van der Waals surface area (Å²) in [6.07, 6.45) is 1.40. The lowest BCUT2D eigenvalue weighted by atomic mass is 9.94. The molecule has 2 atom stereocenters. The average molecular weight is 387 g/mol. The summed E-state index contributed by atoms with van der Waals surface area (Å²) in [5.74, 6) is 0.891. The predicted octanol–water partition coefficient (Wildman–Crippen LogP) is 1.38. The molecule has 0 bridgehead atoms. The van der Waals surface area contributed by atoms with Gasteiger partial charge in [-0.15, -0.1) is 0 Å². The van der Waals surface area contributed by atoms with Gasteiger partial charge in [0.2, 0.25) is 17.7 Å². The Balaban J connectivity index is 1.69. The second-order valence-electron chi connectivity index (χ2n) is 7.71. The van der Waals surface area contributed by atoms with E-state index in [0.717, 1.165) is 11.3 Å². The van der Waals surface area contributed by atoms with Gasteiger partial charge in [-0.05, 0) is 30.5 Å². The van der Waals surface area contributed by atoms with Gasteiger partial charge in [0.15, 0.2) is 0 Å². The van der Waals surface area contributed by atoms with Crippen LogP contribution >= 0.6 is 0 Å². The van der Waals surface area contributed by atoms with Gasteiger partial charge in [0.1, 0.15) is 5.75 Å². The number of carbonyl (C=O) groups excluding carboxylic acids is 3. The quantitative estimate of drug-likeness (QED) is 0.847. The molecule has 1 aromatic carbocycles. The Morgan fingerprint density at radius 3 is 2.18 bits per heavy atom. The molecule has 0 radical (unpaired) electrons. The van der Waals surface area contributed by atoms with Crippen LogP contribution in [-0.2, 0) is 14.4 Å². The maximum absolute atomic E-state index is 13.1. The molecule has 0 aliphatic carbocycles. The van der Waals surface area contributed by atoms with E-state index in [9.17, 15) is 14.4 Å². The summed E-state index contributed by atoms with van der Waals surface area (Å²) in [5, 5.41) is 3.01. The molecule has 2 heterocycles. The molecule has 2 unspecified atom stereocenters. The lowest BCUT2D eigenvalue weighted by molar-refractivity contribution is -0.139. The Morgan fingerprint density at radius 1 is 1.00 bits per heavy atom. The summed E-state index contributed by atoms with van der Waals surface area (Å²) in [5.41, 5.74) is 1.08. The highest BCUT2D eigenvalue weighted by Gasteiger charge is 2.39. The third kappa shape index (κ3) is 4.46. The number of carbonyl (C=O) groups is 3. The number of rotatable bonds is 4. The molecule has 28 heavy (non-hydrogen) atoms. The van der Waals surface area contributed by atoms with E-state index < -0.39 is 0 Å². The Kier molecular flexibility index (Phi) is 6.21. The van der Waals surface area contributed by atoms with Crippen LogP contribution in [-0.4, -0.2) is 66.9 Å². The van der Waals surface area contributed by atoms with Crippen molar-refractivity contribution in [3.8, 4) is 5.75 Å². The van der Waals surface area contributed by atoms with Gasteiger partial charge in [-0.1, -0.05) is 12.1 Å². The van der Waals surface area contributed by atoms with Crippen molar-refractivity contribution in [2.24, 2.45) is 5.92 Å². The average Bonchev–Trinajstić information content (AvgIpc) is 3.10. The number of amides is 3. The van der Waals surface area contributed by atoms with Gasteiger partial charge in [-0.3, -0.25) is 14.4 Å². The first-order valence-corrected chi connectivity index (χ1v) is 9.84. The maximum Gasteiger partial charge on any atom is 0.225 e. The topological polar surface area (TPSA) is 79.0 Å². The molecule has 1 aromatic rings. The SMILES string of the molecule is COc1ccc(C2CN(C(=O)C3CCN(C(C)=O)CC3)CC2NC(C)=O)cc1. The highest BCUT2D eigenvalue weighted by molar-refractivity contribution is 5.80. The van der Waals surface area contributed by atoms with Crippen molar-refractivity contribution >= 4 is 17.7 Å². The fourth-order valence-electron chi connectivity index (χ4n) is 4.28. The van der Waals surface area contributed by atoms with Crippen LogP contribution in [0.25, 0.3) is 0 Å². The molecule has 2 aliphatic rings. The van der Waals surface area contributed by atoms with Crippen LogP contribution in [0, 0.1) is 5.92 Å². The number of nitrogens with zero attached hydrogens (tertiary/aromatic N) is 2. The third-order valence-corrected chi connectivity index (χ3v) is 5.85. The number of methoxy groups -OCH3 is 1. The Morgan fingerprint density at radius 2 is 1.64 bits per heavy atom. The highest BCUT2D eigenvalue weighted by atomic mass is 16.5. The summed E-state index contributed by atoms with van der Waals surface area (Å²) in [6, 6.07) is 7.70. The molecule has 2 saturated heterocycles. The van der Waals surface area contributed by atoms with Gasteiger partial charge in [0.05, 0.1) is 13.2 Å². The second-order valence-corrected chi connectivity index (χ2v) is 7.71. The third-order valence-electron chi connectivity index (χ3n) is 5.85. The summed E-state index contributed by atoms with van der Waals surface area (Å²) in [4.78, 5) is 39.9. The van der Waals surface area contributed by atoms with E-state index in [2.05, 4.69) is 5.32 Å². The van der Waals surface area contributed by atoms with Crippen LogP contribution in [0.5, 0.6) is 5.75 Å². The Hall–Kier alpha value is -2.57. The smallest absolute Gasteiger partial charge is 0.225 e. The molecule has 2 aliphatic heterocycles. The first kappa shape index (κ1) is 20.2. The van der Waals surface area contributed by atoms with Crippen molar-refractivity contribution in [2.75, 3.05) is 33.3 Å². The predicted molar refractivity (Wildman–Crippen MR) is 105 cm³/mol. The molecule has 7 nitrogen and oxygen atoms in total. The van der Waals surface area contributed by atoms with Gasteiger partial charge in [0.25, 0.3) is 0 Å². The molecular formula is C21H29N3O4. The molecule has 0 saturated carbocycles. The van der Waals surface area contributed by atoms with Crippen molar-refractivity contribution in [3.05, 3.63) is 29.8 Å². The molecule has 2 fully saturated rings. The van der Waals surface area contributed by atoms with Crippen molar-refractivity contribution in [1.29, 1.82) is 0 Å². The van der Waals surface area contributed by atoms with Crippen LogP contribution in [0.1, 0.15) is 38.2 Å². The van der Waals surface area contributed by atoms with E-state index in [1.807, 2.05) is 29.2 Å². The standard InChI is InChI=1S/C21H29N3O4/c1-14(25)22-20-13-24(12-19(20)16-4-6-18(28-3)7-5-16)21(27)17-8-10-23(11-9-17)15(2)26/h4-7,17,19-20H,8-13H2,1-3H3,(H,22,25). The van der Waals surface area contributed by atoms with Crippen LogP contribution < -0.4 is 10.1 Å². The Bertz CT molecular complexity index is 726. The number of likely N-dealkylation sites (tertiary alicyclic amines) is 2. The summed E-state index contributed by atoms with van der Waals surface area (Å²) >= 11 is 0. The van der Waals surface area contributed by atoms with Crippen LogP contribution in [0.2, 0.25) is 0 Å². The van der Waals surface area contributed by atoms with Gasteiger partial charge in [-0.25, -0.2) is 0 Å². The van der Waals surface area contributed by atoms with Crippen LogP contribution in [0.15, 0.2) is 24.3 Å². The number of hydrogen-bond acceptors (Lipinski definition) is 4. The zero-order valence-electron chi connectivity index (χ0n) is 16.8. The van der Waals surface area contributed by atoms with Crippen LogP contribution in [0.4, 0.5) is 0 Å². The molecule has 3 amide bonds. The van der Waals surface area contributed by atoms with Crippen molar-refractivity contribution in [1.82, 2.24) is 15.1 Å².